The van der Waals surface area contributed by atoms with Gasteiger partial charge >= 0.3 is 0 Å². The van der Waals surface area contributed by atoms with Crippen LogP contribution in [0.3, 0.4) is 0 Å². The number of amides is 2. The van der Waals surface area contributed by atoms with Crippen LogP contribution in [0, 0.1) is 5.41 Å². The predicted octanol–water partition coefficient (Wildman–Crippen LogP) is 4.74. The molecule has 2 aliphatic heterocycles. The Hall–Kier alpha value is -3.80. The van der Waals surface area contributed by atoms with Crippen molar-refractivity contribution in [3.8, 4) is 11.5 Å². The van der Waals surface area contributed by atoms with E-state index in [0.29, 0.717) is 6.54 Å². The molecular formula is C29H28N2O4. The summed E-state index contributed by atoms with van der Waals surface area (Å²) in [7, 11) is 3.26. The monoisotopic (exact) mass is 468 g/mol. The molecule has 2 spiro atoms. The zero-order chi connectivity index (χ0) is 24.2. The average molecular weight is 469 g/mol. The summed E-state index contributed by atoms with van der Waals surface area (Å²) < 4.78 is 10.7. The molecule has 3 aliphatic rings. The molecule has 1 saturated carbocycles. The summed E-state index contributed by atoms with van der Waals surface area (Å²) in [5.41, 5.74) is 1.29. The standard InChI is InChI=1S/C29H28N2O4/c1-34-23-13-9-21(10-14-23)25-29(26(32)30(25)19-20-7-4-3-5-8-20)27(33)31(28(29)17-6-18-28)22-11-15-24(35-2)16-12-22/h3-5,7-16,25H,6,17-19H2,1-2H3/t25-,29-/m0/s1. The van der Waals surface area contributed by atoms with Gasteiger partial charge in [0.2, 0.25) is 11.8 Å². The highest BCUT2D eigenvalue weighted by molar-refractivity contribution is 6.24. The van der Waals surface area contributed by atoms with E-state index in [4.69, 9.17) is 9.47 Å². The Morgan fingerprint density at radius 3 is 1.94 bits per heavy atom. The predicted molar refractivity (Wildman–Crippen MR) is 132 cm³/mol. The third kappa shape index (κ3) is 2.76. The number of hydrogen-bond acceptors (Lipinski definition) is 4. The maximum Gasteiger partial charge on any atom is 0.248 e. The van der Waals surface area contributed by atoms with E-state index >= 15 is 0 Å². The Kier molecular flexibility index (Phi) is 4.88. The maximum absolute atomic E-state index is 14.1. The van der Waals surface area contributed by atoms with Crippen molar-refractivity contribution in [3.05, 3.63) is 90.0 Å². The van der Waals surface area contributed by atoms with Crippen LogP contribution in [0.2, 0.25) is 0 Å². The van der Waals surface area contributed by atoms with E-state index in [1.54, 1.807) is 14.2 Å². The molecule has 2 heterocycles. The van der Waals surface area contributed by atoms with E-state index < -0.39 is 11.0 Å². The number of β-lactam (4-membered cyclic amide) rings is 2. The topological polar surface area (TPSA) is 59.1 Å². The van der Waals surface area contributed by atoms with Gasteiger partial charge in [-0.3, -0.25) is 9.59 Å². The molecule has 2 amide bonds. The first-order chi connectivity index (χ1) is 17.1. The van der Waals surface area contributed by atoms with Crippen molar-refractivity contribution in [2.45, 2.75) is 37.4 Å². The Labute approximate surface area is 205 Å². The van der Waals surface area contributed by atoms with Crippen LogP contribution in [-0.4, -0.2) is 36.5 Å². The molecule has 1 aliphatic carbocycles. The van der Waals surface area contributed by atoms with E-state index in [9.17, 15) is 9.59 Å². The Bertz CT molecular complexity index is 1270. The molecule has 178 valence electrons. The van der Waals surface area contributed by atoms with Gasteiger partial charge in [-0.05, 0) is 66.8 Å². The zero-order valence-electron chi connectivity index (χ0n) is 19.9. The van der Waals surface area contributed by atoms with E-state index in [-0.39, 0.29) is 17.9 Å². The zero-order valence-corrected chi connectivity index (χ0v) is 19.9. The number of likely N-dealkylation sites (tertiary alicyclic amines) is 1. The second kappa shape index (κ2) is 7.87. The molecule has 0 radical (unpaired) electrons. The van der Waals surface area contributed by atoms with Gasteiger partial charge in [0.15, 0.2) is 5.41 Å². The fourth-order valence-corrected chi connectivity index (χ4v) is 6.37. The molecular weight excluding hydrogens is 440 g/mol. The van der Waals surface area contributed by atoms with Gasteiger partial charge in [-0.25, -0.2) is 0 Å². The quantitative estimate of drug-likeness (QED) is 0.387. The fourth-order valence-electron chi connectivity index (χ4n) is 6.37. The Morgan fingerprint density at radius 2 is 1.40 bits per heavy atom. The first-order valence-corrected chi connectivity index (χ1v) is 12.0. The molecule has 6 nitrogen and oxygen atoms in total. The van der Waals surface area contributed by atoms with Crippen molar-refractivity contribution in [1.29, 1.82) is 0 Å². The van der Waals surface area contributed by atoms with E-state index in [1.165, 1.54) is 0 Å². The first kappa shape index (κ1) is 21.7. The SMILES string of the molecule is COc1ccc([C@@H]2N(Cc3ccccc3)C(=O)[C@]23C(=O)N(c2ccc(OC)cc2)C32CCC2)cc1. The second-order valence-corrected chi connectivity index (χ2v) is 9.63. The lowest BCUT2D eigenvalue weighted by Crippen LogP contribution is -2.91. The number of fused-ring (bicyclic) bond motifs is 1. The van der Waals surface area contributed by atoms with Gasteiger partial charge in [-0.2, -0.15) is 0 Å². The summed E-state index contributed by atoms with van der Waals surface area (Å²) in [6, 6.07) is 25.0. The third-order valence-corrected chi connectivity index (χ3v) is 8.16. The number of methoxy groups -OCH3 is 2. The summed E-state index contributed by atoms with van der Waals surface area (Å²) in [4.78, 5) is 31.8. The lowest BCUT2D eigenvalue weighted by molar-refractivity contribution is -0.211. The molecule has 0 N–H and O–H groups in total. The van der Waals surface area contributed by atoms with Gasteiger partial charge in [0, 0.05) is 12.2 Å². The molecule has 3 aromatic rings. The van der Waals surface area contributed by atoms with Gasteiger partial charge in [-0.1, -0.05) is 42.5 Å². The Balaban J connectivity index is 1.42. The van der Waals surface area contributed by atoms with E-state index in [2.05, 4.69) is 0 Å². The van der Waals surface area contributed by atoms with Gasteiger partial charge in [0.1, 0.15) is 11.5 Å². The second-order valence-electron chi connectivity index (χ2n) is 9.63. The van der Waals surface area contributed by atoms with Crippen molar-refractivity contribution < 1.29 is 19.1 Å². The molecule has 3 aromatic carbocycles. The van der Waals surface area contributed by atoms with Crippen LogP contribution >= 0.6 is 0 Å². The highest BCUT2D eigenvalue weighted by atomic mass is 16.5. The fraction of sp³-hybridized carbons (Fsp3) is 0.310. The highest BCUT2D eigenvalue weighted by Crippen LogP contribution is 2.71. The van der Waals surface area contributed by atoms with Crippen LogP contribution in [0.1, 0.15) is 36.4 Å². The summed E-state index contributed by atoms with van der Waals surface area (Å²) in [5.74, 6) is 1.33. The van der Waals surface area contributed by atoms with E-state index in [1.807, 2.05) is 88.7 Å². The van der Waals surface area contributed by atoms with Crippen LogP contribution in [0.4, 0.5) is 5.69 Å². The van der Waals surface area contributed by atoms with Crippen LogP contribution in [-0.2, 0) is 16.1 Å². The lowest BCUT2D eigenvalue weighted by Gasteiger charge is -2.75. The summed E-state index contributed by atoms with van der Waals surface area (Å²) in [5, 5.41) is 0. The van der Waals surface area contributed by atoms with Crippen LogP contribution in [0.5, 0.6) is 11.5 Å². The minimum atomic E-state index is -1.06. The van der Waals surface area contributed by atoms with Crippen molar-refractivity contribution in [1.82, 2.24) is 4.90 Å². The molecule has 6 rings (SSSR count). The van der Waals surface area contributed by atoms with Gasteiger partial charge in [0.05, 0.1) is 25.8 Å². The third-order valence-electron chi connectivity index (χ3n) is 8.16. The summed E-state index contributed by atoms with van der Waals surface area (Å²) in [6.45, 7) is 0.476. The van der Waals surface area contributed by atoms with Crippen molar-refractivity contribution in [2.75, 3.05) is 19.1 Å². The molecule has 2 atom stereocenters. The number of nitrogens with zero attached hydrogens (tertiary/aromatic N) is 2. The van der Waals surface area contributed by atoms with Crippen LogP contribution < -0.4 is 14.4 Å². The minimum absolute atomic E-state index is 0.0587. The first-order valence-electron chi connectivity index (χ1n) is 12.0. The number of carbonyl (C=O) groups excluding carboxylic acids is 2. The molecule has 35 heavy (non-hydrogen) atoms. The van der Waals surface area contributed by atoms with E-state index in [0.717, 1.165) is 47.6 Å². The smallest absolute Gasteiger partial charge is 0.248 e. The van der Waals surface area contributed by atoms with Crippen molar-refractivity contribution >= 4 is 17.5 Å². The van der Waals surface area contributed by atoms with Gasteiger partial charge < -0.3 is 19.3 Å². The molecule has 0 bridgehead atoms. The molecule has 2 saturated heterocycles. The van der Waals surface area contributed by atoms with Crippen molar-refractivity contribution in [3.63, 3.8) is 0 Å². The van der Waals surface area contributed by atoms with Crippen LogP contribution in [0.25, 0.3) is 0 Å². The normalized spacial score (nSPS) is 24.1. The van der Waals surface area contributed by atoms with Gasteiger partial charge in [0.25, 0.3) is 0 Å². The summed E-state index contributed by atoms with van der Waals surface area (Å²) in [6.07, 6.45) is 2.65. The molecule has 3 fully saturated rings. The summed E-state index contributed by atoms with van der Waals surface area (Å²) >= 11 is 0. The Morgan fingerprint density at radius 1 is 0.800 bits per heavy atom. The highest BCUT2D eigenvalue weighted by Gasteiger charge is 2.85. The molecule has 0 aromatic heterocycles. The van der Waals surface area contributed by atoms with Gasteiger partial charge in [-0.15, -0.1) is 0 Å². The number of hydrogen-bond donors (Lipinski definition) is 0. The largest absolute Gasteiger partial charge is 0.497 e. The lowest BCUT2D eigenvalue weighted by atomic mass is 9.43. The molecule has 6 heteroatoms. The average Bonchev–Trinajstić information content (AvgIpc) is 2.88. The number of anilines is 1. The minimum Gasteiger partial charge on any atom is -0.497 e. The maximum atomic E-state index is 14.1. The number of carbonyl (C=O) groups is 2. The molecule has 0 unspecified atom stereocenters. The van der Waals surface area contributed by atoms with Crippen molar-refractivity contribution in [2.24, 2.45) is 5.41 Å². The number of benzene rings is 3. The number of rotatable bonds is 6. The number of ether oxygens (including phenoxy) is 2. The van der Waals surface area contributed by atoms with Crippen LogP contribution in [0.15, 0.2) is 78.9 Å².